The lowest BCUT2D eigenvalue weighted by Gasteiger charge is -2.11. The number of amides is 1. The highest BCUT2D eigenvalue weighted by molar-refractivity contribution is 6.12. The van der Waals surface area contributed by atoms with E-state index >= 15 is 0 Å². The number of para-hydroxylation sites is 1. The van der Waals surface area contributed by atoms with E-state index in [0.29, 0.717) is 12.4 Å². The SMILES string of the molecule is CCCOc1ccccc1C(=O)Nc1c(C(=O)O)n[nH]c1C(=O)O. The number of hydrogen-bond donors (Lipinski definition) is 4. The van der Waals surface area contributed by atoms with E-state index in [4.69, 9.17) is 14.9 Å². The summed E-state index contributed by atoms with van der Waals surface area (Å²) in [6, 6.07) is 6.38. The molecule has 1 amide bonds. The third-order valence-corrected chi connectivity index (χ3v) is 3.01. The lowest BCUT2D eigenvalue weighted by atomic mass is 10.1. The number of rotatable bonds is 7. The van der Waals surface area contributed by atoms with Crippen molar-refractivity contribution in [2.24, 2.45) is 0 Å². The molecule has 0 aliphatic carbocycles. The minimum Gasteiger partial charge on any atom is -0.493 e. The molecule has 1 aromatic carbocycles. The van der Waals surface area contributed by atoms with Crippen molar-refractivity contribution in [1.29, 1.82) is 0 Å². The number of H-pyrrole nitrogens is 1. The van der Waals surface area contributed by atoms with Crippen molar-refractivity contribution in [3.05, 3.63) is 41.2 Å². The minimum absolute atomic E-state index is 0.153. The van der Waals surface area contributed by atoms with Crippen molar-refractivity contribution in [1.82, 2.24) is 10.2 Å². The lowest BCUT2D eigenvalue weighted by molar-refractivity contribution is 0.0683. The van der Waals surface area contributed by atoms with Gasteiger partial charge in [-0.15, -0.1) is 0 Å². The summed E-state index contributed by atoms with van der Waals surface area (Å²) in [6.07, 6.45) is 0.740. The van der Waals surface area contributed by atoms with Gasteiger partial charge in [0.2, 0.25) is 0 Å². The van der Waals surface area contributed by atoms with Gasteiger partial charge in [0.05, 0.1) is 12.2 Å². The molecule has 126 valence electrons. The fraction of sp³-hybridized carbons (Fsp3) is 0.200. The van der Waals surface area contributed by atoms with Gasteiger partial charge in [0.15, 0.2) is 11.4 Å². The van der Waals surface area contributed by atoms with Crippen molar-refractivity contribution >= 4 is 23.5 Å². The standard InChI is InChI=1S/C15H15N3O6/c1-2-7-24-9-6-4-3-5-8(9)13(19)16-10-11(14(20)21)17-18-12(10)15(22)23/h3-6H,2,7H2,1H3,(H,16,19)(H,17,18)(H,20,21)(H,22,23). The summed E-state index contributed by atoms with van der Waals surface area (Å²) in [7, 11) is 0. The number of aromatic amines is 1. The number of nitrogens with one attached hydrogen (secondary N) is 2. The van der Waals surface area contributed by atoms with Crippen molar-refractivity contribution < 1.29 is 29.3 Å². The predicted molar refractivity (Wildman–Crippen MR) is 82.7 cm³/mol. The lowest BCUT2D eigenvalue weighted by Crippen LogP contribution is -2.17. The van der Waals surface area contributed by atoms with Gasteiger partial charge >= 0.3 is 11.9 Å². The summed E-state index contributed by atoms with van der Waals surface area (Å²) in [5, 5.41) is 25.9. The van der Waals surface area contributed by atoms with Gasteiger partial charge in [-0.2, -0.15) is 5.10 Å². The van der Waals surface area contributed by atoms with E-state index in [-0.39, 0.29) is 5.56 Å². The van der Waals surface area contributed by atoms with Crippen molar-refractivity contribution in [2.45, 2.75) is 13.3 Å². The number of nitrogens with zero attached hydrogens (tertiary/aromatic N) is 1. The molecule has 0 unspecified atom stereocenters. The summed E-state index contributed by atoms with van der Waals surface area (Å²) in [5.41, 5.74) is -1.37. The van der Waals surface area contributed by atoms with Crippen LogP contribution >= 0.6 is 0 Å². The van der Waals surface area contributed by atoms with E-state index in [2.05, 4.69) is 15.5 Å². The topological polar surface area (TPSA) is 142 Å². The molecule has 0 radical (unpaired) electrons. The molecule has 0 saturated heterocycles. The zero-order valence-corrected chi connectivity index (χ0v) is 12.7. The van der Waals surface area contributed by atoms with Gasteiger partial charge in [0.1, 0.15) is 11.4 Å². The number of aromatic carboxylic acids is 2. The van der Waals surface area contributed by atoms with Crippen molar-refractivity contribution in [3.8, 4) is 5.75 Å². The Morgan fingerprint density at radius 1 is 1.21 bits per heavy atom. The average Bonchev–Trinajstić information content (AvgIpc) is 2.97. The Labute approximate surface area is 136 Å². The maximum Gasteiger partial charge on any atom is 0.358 e. The maximum atomic E-state index is 12.4. The van der Waals surface area contributed by atoms with E-state index in [0.717, 1.165) is 6.42 Å². The molecule has 0 aliphatic rings. The Balaban J connectivity index is 2.35. The van der Waals surface area contributed by atoms with Gasteiger partial charge in [-0.05, 0) is 18.6 Å². The van der Waals surface area contributed by atoms with Crippen LogP contribution in [-0.2, 0) is 0 Å². The molecule has 0 atom stereocenters. The molecule has 1 aromatic heterocycles. The van der Waals surface area contributed by atoms with Crippen molar-refractivity contribution in [2.75, 3.05) is 11.9 Å². The molecule has 2 rings (SSSR count). The highest BCUT2D eigenvalue weighted by Crippen LogP contribution is 2.23. The first-order valence-corrected chi connectivity index (χ1v) is 7.03. The number of carbonyl (C=O) groups is 3. The van der Waals surface area contributed by atoms with Crippen LogP contribution in [0.4, 0.5) is 5.69 Å². The van der Waals surface area contributed by atoms with Crippen molar-refractivity contribution in [3.63, 3.8) is 0 Å². The van der Waals surface area contributed by atoms with Gasteiger partial charge in [-0.25, -0.2) is 9.59 Å². The first-order valence-electron chi connectivity index (χ1n) is 7.03. The van der Waals surface area contributed by atoms with Crippen LogP contribution in [0.3, 0.4) is 0 Å². The third kappa shape index (κ3) is 3.51. The van der Waals surface area contributed by atoms with Crippen LogP contribution < -0.4 is 10.1 Å². The number of ether oxygens (including phenoxy) is 1. The van der Waals surface area contributed by atoms with Gasteiger partial charge in [-0.1, -0.05) is 19.1 Å². The number of aromatic nitrogens is 2. The molecule has 1 heterocycles. The van der Waals surface area contributed by atoms with E-state index < -0.39 is 34.9 Å². The second-order valence-electron chi connectivity index (χ2n) is 4.73. The van der Waals surface area contributed by atoms with Crippen LogP contribution in [-0.4, -0.2) is 44.9 Å². The fourth-order valence-electron chi connectivity index (χ4n) is 1.95. The zero-order valence-electron chi connectivity index (χ0n) is 12.7. The molecule has 0 fully saturated rings. The highest BCUT2D eigenvalue weighted by Gasteiger charge is 2.25. The first kappa shape index (κ1) is 17.0. The molecule has 24 heavy (non-hydrogen) atoms. The van der Waals surface area contributed by atoms with Crippen LogP contribution in [0.1, 0.15) is 44.7 Å². The Kier molecular flexibility index (Phi) is 5.15. The summed E-state index contributed by atoms with van der Waals surface area (Å²) in [6.45, 7) is 2.31. The number of carboxylic acids is 2. The maximum absolute atomic E-state index is 12.4. The molecular weight excluding hydrogens is 318 g/mol. The number of carboxylic acid groups (broad SMARTS) is 2. The zero-order chi connectivity index (χ0) is 17.7. The van der Waals surface area contributed by atoms with Crippen LogP contribution in [0, 0.1) is 0 Å². The number of hydrogen-bond acceptors (Lipinski definition) is 5. The van der Waals surface area contributed by atoms with Gasteiger partial charge in [0, 0.05) is 0 Å². The Morgan fingerprint density at radius 3 is 2.54 bits per heavy atom. The Bertz CT molecular complexity index is 752. The minimum atomic E-state index is -1.47. The molecule has 0 saturated carbocycles. The summed E-state index contributed by atoms with van der Waals surface area (Å²) in [5.74, 6) is -3.30. The van der Waals surface area contributed by atoms with Gasteiger partial charge in [0.25, 0.3) is 5.91 Å². The van der Waals surface area contributed by atoms with E-state index in [9.17, 15) is 14.4 Å². The van der Waals surface area contributed by atoms with Crippen LogP contribution in [0.25, 0.3) is 0 Å². The number of carbonyl (C=O) groups excluding carboxylic acids is 1. The Morgan fingerprint density at radius 2 is 1.92 bits per heavy atom. The van der Waals surface area contributed by atoms with Crippen LogP contribution in [0.2, 0.25) is 0 Å². The van der Waals surface area contributed by atoms with Crippen LogP contribution in [0.5, 0.6) is 5.75 Å². The summed E-state index contributed by atoms with van der Waals surface area (Å²) >= 11 is 0. The molecular formula is C15H15N3O6. The summed E-state index contributed by atoms with van der Waals surface area (Å²) in [4.78, 5) is 34.7. The van der Waals surface area contributed by atoms with E-state index in [1.54, 1.807) is 18.2 Å². The van der Waals surface area contributed by atoms with Gasteiger partial charge in [-0.3, -0.25) is 9.89 Å². The first-order chi connectivity index (χ1) is 11.5. The quantitative estimate of drug-likeness (QED) is 0.605. The molecule has 4 N–H and O–H groups in total. The number of benzene rings is 1. The second kappa shape index (κ2) is 7.27. The van der Waals surface area contributed by atoms with Crippen LogP contribution in [0.15, 0.2) is 24.3 Å². The predicted octanol–water partition coefficient (Wildman–Crippen LogP) is 1.85. The Hall–Kier alpha value is -3.36. The normalized spacial score (nSPS) is 10.2. The molecule has 9 nitrogen and oxygen atoms in total. The average molecular weight is 333 g/mol. The largest absolute Gasteiger partial charge is 0.493 e. The summed E-state index contributed by atoms with van der Waals surface area (Å²) < 4.78 is 5.47. The smallest absolute Gasteiger partial charge is 0.358 e. The van der Waals surface area contributed by atoms with Gasteiger partial charge < -0.3 is 20.3 Å². The van der Waals surface area contributed by atoms with E-state index in [1.807, 2.05) is 6.92 Å². The fourth-order valence-corrected chi connectivity index (χ4v) is 1.95. The monoisotopic (exact) mass is 333 g/mol. The number of anilines is 1. The molecule has 0 bridgehead atoms. The third-order valence-electron chi connectivity index (χ3n) is 3.01. The molecule has 2 aromatic rings. The highest BCUT2D eigenvalue weighted by atomic mass is 16.5. The molecule has 0 spiro atoms. The molecule has 9 heteroatoms. The molecule has 0 aliphatic heterocycles. The second-order valence-corrected chi connectivity index (χ2v) is 4.73. The van der Waals surface area contributed by atoms with E-state index in [1.165, 1.54) is 6.07 Å².